The first-order chi connectivity index (χ1) is 13.9. The highest BCUT2D eigenvalue weighted by molar-refractivity contribution is 6.01. The molecule has 0 fully saturated rings. The second-order valence-electron chi connectivity index (χ2n) is 6.04. The van der Waals surface area contributed by atoms with Crippen molar-refractivity contribution in [2.75, 3.05) is 20.0 Å². The number of carbonyl (C=O) groups excluding carboxylic acids is 2. The molecule has 0 radical (unpaired) electrons. The standard InChI is InChI=1S/C21H22N4O4/c1-13(14-8-9-18(28-2)19(10-14)29-3)25-20(26)15(11-22)12-24-21(27)16-6-4-5-7-17(16)23/h4-10,12-13H,23H2,1-3H3,(H,24,27)(H,25,26)/b15-12-. The van der Waals surface area contributed by atoms with Gasteiger partial charge in [-0.15, -0.1) is 0 Å². The van der Waals surface area contributed by atoms with Gasteiger partial charge in [0.1, 0.15) is 11.6 Å². The topological polar surface area (TPSA) is 126 Å². The van der Waals surface area contributed by atoms with Crippen LogP contribution in [0.15, 0.2) is 54.2 Å². The van der Waals surface area contributed by atoms with Crippen LogP contribution >= 0.6 is 0 Å². The van der Waals surface area contributed by atoms with Crippen LogP contribution in [0.1, 0.15) is 28.9 Å². The highest BCUT2D eigenvalue weighted by Crippen LogP contribution is 2.29. The minimum atomic E-state index is -0.629. The number of hydrogen-bond donors (Lipinski definition) is 3. The molecule has 2 aromatic carbocycles. The molecular formula is C21H22N4O4. The fourth-order valence-corrected chi connectivity index (χ4v) is 2.55. The van der Waals surface area contributed by atoms with Crippen molar-refractivity contribution in [2.24, 2.45) is 0 Å². The first-order valence-corrected chi connectivity index (χ1v) is 8.69. The molecule has 0 heterocycles. The average Bonchev–Trinajstić information content (AvgIpc) is 2.73. The van der Waals surface area contributed by atoms with Gasteiger partial charge in [-0.25, -0.2) is 0 Å². The van der Waals surface area contributed by atoms with Gasteiger partial charge in [0.05, 0.1) is 25.8 Å². The van der Waals surface area contributed by atoms with E-state index in [9.17, 15) is 14.9 Å². The molecule has 8 nitrogen and oxygen atoms in total. The van der Waals surface area contributed by atoms with Gasteiger partial charge in [-0.3, -0.25) is 9.59 Å². The number of nitriles is 1. The van der Waals surface area contributed by atoms with E-state index in [1.165, 1.54) is 14.2 Å². The lowest BCUT2D eigenvalue weighted by atomic mass is 10.1. The fraction of sp³-hybridized carbons (Fsp3) is 0.190. The summed E-state index contributed by atoms with van der Waals surface area (Å²) in [5.41, 5.74) is 6.80. The summed E-state index contributed by atoms with van der Waals surface area (Å²) in [4.78, 5) is 24.6. The molecule has 2 rings (SSSR count). The second kappa shape index (κ2) is 9.80. The van der Waals surface area contributed by atoms with Crippen molar-refractivity contribution in [3.63, 3.8) is 0 Å². The molecule has 8 heteroatoms. The van der Waals surface area contributed by atoms with E-state index in [4.69, 9.17) is 15.2 Å². The number of methoxy groups -OCH3 is 2. The number of anilines is 1. The van der Waals surface area contributed by atoms with Crippen LogP contribution in [-0.2, 0) is 4.79 Å². The van der Waals surface area contributed by atoms with E-state index in [0.29, 0.717) is 17.2 Å². The lowest BCUT2D eigenvalue weighted by Gasteiger charge is -2.16. The van der Waals surface area contributed by atoms with Gasteiger partial charge >= 0.3 is 0 Å². The molecule has 4 N–H and O–H groups in total. The molecule has 0 aromatic heterocycles. The molecular weight excluding hydrogens is 372 g/mol. The average molecular weight is 394 g/mol. The number of nitrogens with two attached hydrogens (primary N) is 1. The Balaban J connectivity index is 2.09. The van der Waals surface area contributed by atoms with Crippen molar-refractivity contribution in [3.8, 4) is 17.6 Å². The van der Waals surface area contributed by atoms with Gasteiger partial charge in [-0.1, -0.05) is 18.2 Å². The van der Waals surface area contributed by atoms with Crippen LogP contribution in [0.5, 0.6) is 11.5 Å². The number of hydrogen-bond acceptors (Lipinski definition) is 6. The van der Waals surface area contributed by atoms with Crippen LogP contribution in [0.25, 0.3) is 0 Å². The van der Waals surface area contributed by atoms with Crippen molar-refractivity contribution >= 4 is 17.5 Å². The van der Waals surface area contributed by atoms with Gasteiger partial charge in [0.15, 0.2) is 11.5 Å². The summed E-state index contributed by atoms with van der Waals surface area (Å²) in [5, 5.41) is 14.4. The maximum absolute atomic E-state index is 12.4. The Morgan fingerprint density at radius 3 is 2.45 bits per heavy atom. The van der Waals surface area contributed by atoms with Crippen LogP contribution in [0, 0.1) is 11.3 Å². The Hall–Kier alpha value is -3.99. The van der Waals surface area contributed by atoms with E-state index in [2.05, 4.69) is 10.6 Å². The Morgan fingerprint density at radius 2 is 1.83 bits per heavy atom. The zero-order chi connectivity index (χ0) is 21.4. The molecule has 2 amide bonds. The van der Waals surface area contributed by atoms with Crippen LogP contribution < -0.4 is 25.8 Å². The fourth-order valence-electron chi connectivity index (χ4n) is 2.55. The van der Waals surface area contributed by atoms with Crippen LogP contribution in [0.4, 0.5) is 5.69 Å². The zero-order valence-electron chi connectivity index (χ0n) is 16.4. The Kier molecular flexibility index (Phi) is 7.20. The zero-order valence-corrected chi connectivity index (χ0v) is 16.4. The number of benzene rings is 2. The van der Waals surface area contributed by atoms with Crippen molar-refractivity contribution in [1.82, 2.24) is 10.6 Å². The van der Waals surface area contributed by atoms with Crippen molar-refractivity contribution in [2.45, 2.75) is 13.0 Å². The predicted octanol–water partition coefficient (Wildman–Crippen LogP) is 2.30. The van der Waals surface area contributed by atoms with Crippen molar-refractivity contribution in [3.05, 3.63) is 65.4 Å². The van der Waals surface area contributed by atoms with Crippen LogP contribution in [0.2, 0.25) is 0 Å². The van der Waals surface area contributed by atoms with Crippen molar-refractivity contribution in [1.29, 1.82) is 5.26 Å². The number of carbonyl (C=O) groups is 2. The number of ether oxygens (including phenoxy) is 2. The molecule has 29 heavy (non-hydrogen) atoms. The predicted molar refractivity (Wildman–Crippen MR) is 108 cm³/mol. The van der Waals surface area contributed by atoms with Gasteiger partial charge < -0.3 is 25.8 Å². The number of rotatable bonds is 7. The molecule has 0 bridgehead atoms. The molecule has 1 atom stereocenters. The molecule has 0 saturated carbocycles. The van der Waals surface area contributed by atoms with Gasteiger partial charge in [0.2, 0.25) is 0 Å². The normalized spacial score (nSPS) is 11.7. The van der Waals surface area contributed by atoms with E-state index < -0.39 is 17.9 Å². The molecule has 0 spiro atoms. The lowest BCUT2D eigenvalue weighted by molar-refractivity contribution is -0.117. The first-order valence-electron chi connectivity index (χ1n) is 8.69. The van der Waals surface area contributed by atoms with E-state index in [-0.39, 0.29) is 11.1 Å². The molecule has 0 saturated heterocycles. The molecule has 1 unspecified atom stereocenters. The summed E-state index contributed by atoms with van der Waals surface area (Å²) in [6, 6.07) is 13.1. The summed E-state index contributed by atoms with van der Waals surface area (Å²) < 4.78 is 10.5. The number of nitrogen functional groups attached to an aromatic ring is 1. The maximum Gasteiger partial charge on any atom is 0.263 e. The van der Waals surface area contributed by atoms with E-state index in [1.54, 1.807) is 55.5 Å². The van der Waals surface area contributed by atoms with E-state index >= 15 is 0 Å². The van der Waals surface area contributed by atoms with E-state index in [1.807, 2.05) is 0 Å². The number of para-hydroxylation sites is 1. The smallest absolute Gasteiger partial charge is 0.263 e. The monoisotopic (exact) mass is 394 g/mol. The Bertz CT molecular complexity index is 979. The molecule has 0 aliphatic rings. The summed E-state index contributed by atoms with van der Waals surface area (Å²) in [6.45, 7) is 1.76. The van der Waals surface area contributed by atoms with Gasteiger partial charge in [0.25, 0.3) is 11.8 Å². The number of nitrogens with one attached hydrogen (secondary N) is 2. The largest absolute Gasteiger partial charge is 0.493 e. The third-order valence-corrected chi connectivity index (χ3v) is 4.17. The summed E-state index contributed by atoms with van der Waals surface area (Å²) in [6.07, 6.45) is 1.06. The third-order valence-electron chi connectivity index (χ3n) is 4.17. The maximum atomic E-state index is 12.4. The summed E-state index contributed by atoms with van der Waals surface area (Å²) in [7, 11) is 3.05. The minimum absolute atomic E-state index is 0.250. The number of nitrogens with zero attached hydrogens (tertiary/aromatic N) is 1. The SMILES string of the molecule is COc1ccc(C(C)NC(=O)/C(C#N)=C\NC(=O)c2ccccc2N)cc1OC. The Labute approximate surface area is 168 Å². The van der Waals surface area contributed by atoms with Crippen LogP contribution in [-0.4, -0.2) is 26.0 Å². The van der Waals surface area contributed by atoms with Crippen molar-refractivity contribution < 1.29 is 19.1 Å². The molecule has 0 aliphatic heterocycles. The summed E-state index contributed by atoms with van der Waals surface area (Å²) >= 11 is 0. The first kappa shape index (κ1) is 21.3. The third kappa shape index (κ3) is 5.26. The highest BCUT2D eigenvalue weighted by atomic mass is 16.5. The number of amides is 2. The van der Waals surface area contributed by atoms with Crippen LogP contribution in [0.3, 0.4) is 0 Å². The highest BCUT2D eigenvalue weighted by Gasteiger charge is 2.16. The van der Waals surface area contributed by atoms with Gasteiger partial charge in [0, 0.05) is 11.9 Å². The molecule has 2 aromatic rings. The summed E-state index contributed by atoms with van der Waals surface area (Å²) in [5.74, 6) is -0.0575. The van der Waals surface area contributed by atoms with Gasteiger partial charge in [-0.05, 0) is 36.8 Å². The lowest BCUT2D eigenvalue weighted by Crippen LogP contribution is -2.29. The molecule has 150 valence electrons. The minimum Gasteiger partial charge on any atom is -0.493 e. The van der Waals surface area contributed by atoms with Gasteiger partial charge in [-0.2, -0.15) is 5.26 Å². The Morgan fingerprint density at radius 1 is 1.14 bits per heavy atom. The van der Waals surface area contributed by atoms with E-state index in [0.717, 1.165) is 11.8 Å². The second-order valence-corrected chi connectivity index (χ2v) is 6.04. The molecule has 0 aliphatic carbocycles. The quantitative estimate of drug-likeness (QED) is 0.376.